The van der Waals surface area contributed by atoms with E-state index in [2.05, 4.69) is 5.32 Å². The predicted molar refractivity (Wildman–Crippen MR) is 97.5 cm³/mol. The van der Waals surface area contributed by atoms with Gasteiger partial charge in [-0.25, -0.2) is 0 Å². The van der Waals surface area contributed by atoms with Gasteiger partial charge in [0.25, 0.3) is 0 Å². The zero-order valence-electron chi connectivity index (χ0n) is 14.8. The number of amides is 1. The molecular weight excluding hydrogens is 330 g/mol. The summed E-state index contributed by atoms with van der Waals surface area (Å²) in [6, 6.07) is 18.8. The summed E-state index contributed by atoms with van der Waals surface area (Å²) in [5, 5.41) is 2.80. The van der Waals surface area contributed by atoms with Crippen LogP contribution < -0.4 is 5.32 Å². The first-order valence-corrected chi connectivity index (χ1v) is 8.77. The summed E-state index contributed by atoms with van der Waals surface area (Å²) in [5.41, 5.74) is 2.00. The lowest BCUT2D eigenvalue weighted by molar-refractivity contribution is -0.136. The monoisotopic (exact) mass is 353 g/mol. The molecule has 2 aromatic carbocycles. The van der Waals surface area contributed by atoms with Crippen LogP contribution in [-0.2, 0) is 32.1 Å². The van der Waals surface area contributed by atoms with Gasteiger partial charge in [-0.05, 0) is 18.1 Å². The van der Waals surface area contributed by atoms with Crippen LogP contribution in [0.2, 0.25) is 0 Å². The number of carbonyl (C=O) groups is 2. The van der Waals surface area contributed by atoms with Crippen LogP contribution in [0.3, 0.4) is 0 Å². The molecule has 5 nitrogen and oxygen atoms in total. The standard InChI is InChI=1S/C21H23NO4/c1-15-20(18(23)14-25-15)22-21(24)19(12-16-8-4-2-5-9-16)26-13-17-10-6-3-7-11-17/h2-11,15,19-20H,12-14H2,1H3,(H,22,24)/t15-,19+,20+/m0/s1. The second-order valence-electron chi connectivity index (χ2n) is 6.44. The van der Waals surface area contributed by atoms with Crippen molar-refractivity contribution in [1.82, 2.24) is 5.32 Å². The third-order valence-electron chi connectivity index (χ3n) is 4.45. The van der Waals surface area contributed by atoms with Crippen molar-refractivity contribution >= 4 is 11.7 Å². The van der Waals surface area contributed by atoms with Gasteiger partial charge >= 0.3 is 0 Å². The number of ether oxygens (including phenoxy) is 2. The highest BCUT2D eigenvalue weighted by molar-refractivity contribution is 5.93. The van der Waals surface area contributed by atoms with Crippen molar-refractivity contribution in [3.05, 3.63) is 71.8 Å². The largest absolute Gasteiger partial charge is 0.368 e. The first-order valence-electron chi connectivity index (χ1n) is 8.77. The van der Waals surface area contributed by atoms with Gasteiger partial charge in [0.15, 0.2) is 5.78 Å². The maximum absolute atomic E-state index is 12.8. The zero-order chi connectivity index (χ0) is 18.4. The van der Waals surface area contributed by atoms with Gasteiger partial charge in [-0.3, -0.25) is 9.59 Å². The number of rotatable bonds is 7. The molecule has 0 aromatic heterocycles. The highest BCUT2D eigenvalue weighted by Gasteiger charge is 2.35. The summed E-state index contributed by atoms with van der Waals surface area (Å²) in [4.78, 5) is 24.7. The van der Waals surface area contributed by atoms with E-state index in [0.29, 0.717) is 13.0 Å². The highest BCUT2D eigenvalue weighted by atomic mass is 16.5. The molecule has 1 aliphatic rings. The van der Waals surface area contributed by atoms with Crippen LogP contribution >= 0.6 is 0 Å². The van der Waals surface area contributed by atoms with Crippen molar-refractivity contribution in [3.8, 4) is 0 Å². The van der Waals surface area contributed by atoms with E-state index in [-0.39, 0.29) is 24.4 Å². The minimum atomic E-state index is -0.682. The number of nitrogens with one attached hydrogen (secondary N) is 1. The van der Waals surface area contributed by atoms with E-state index in [9.17, 15) is 9.59 Å². The van der Waals surface area contributed by atoms with Crippen LogP contribution in [0.1, 0.15) is 18.1 Å². The van der Waals surface area contributed by atoms with Gasteiger partial charge in [0, 0.05) is 6.42 Å². The highest BCUT2D eigenvalue weighted by Crippen LogP contribution is 2.13. The van der Waals surface area contributed by atoms with Crippen LogP contribution in [-0.4, -0.2) is 36.5 Å². The summed E-state index contributed by atoms with van der Waals surface area (Å²) < 4.78 is 11.2. The molecule has 0 spiro atoms. The number of benzene rings is 2. The lowest BCUT2D eigenvalue weighted by Crippen LogP contribution is -2.49. The Labute approximate surface area is 153 Å². The molecular formula is C21H23NO4. The molecule has 26 heavy (non-hydrogen) atoms. The number of hydrogen-bond acceptors (Lipinski definition) is 4. The average molecular weight is 353 g/mol. The summed E-state index contributed by atoms with van der Waals surface area (Å²) in [6.07, 6.45) is -0.563. The van der Waals surface area contributed by atoms with Crippen LogP contribution in [0.25, 0.3) is 0 Å². The van der Waals surface area contributed by atoms with Gasteiger partial charge in [-0.1, -0.05) is 60.7 Å². The third-order valence-corrected chi connectivity index (χ3v) is 4.45. The van der Waals surface area contributed by atoms with Crippen LogP contribution in [0, 0.1) is 0 Å². The van der Waals surface area contributed by atoms with Crippen molar-refractivity contribution in [1.29, 1.82) is 0 Å². The maximum Gasteiger partial charge on any atom is 0.250 e. The molecule has 1 saturated heterocycles. The fourth-order valence-corrected chi connectivity index (χ4v) is 2.93. The number of ketones is 1. The molecule has 0 aliphatic carbocycles. The zero-order valence-corrected chi connectivity index (χ0v) is 14.8. The van der Waals surface area contributed by atoms with Crippen LogP contribution in [0.4, 0.5) is 0 Å². The van der Waals surface area contributed by atoms with Crippen molar-refractivity contribution in [3.63, 3.8) is 0 Å². The number of hydrogen-bond donors (Lipinski definition) is 1. The van der Waals surface area contributed by atoms with E-state index in [1.165, 1.54) is 0 Å². The first-order chi connectivity index (χ1) is 12.6. The van der Waals surface area contributed by atoms with E-state index < -0.39 is 12.1 Å². The van der Waals surface area contributed by atoms with Gasteiger partial charge < -0.3 is 14.8 Å². The van der Waals surface area contributed by atoms with E-state index in [4.69, 9.17) is 9.47 Å². The van der Waals surface area contributed by atoms with E-state index in [1.807, 2.05) is 60.7 Å². The Morgan fingerprint density at radius 1 is 1.12 bits per heavy atom. The molecule has 0 bridgehead atoms. The molecule has 3 rings (SSSR count). The Morgan fingerprint density at radius 3 is 2.31 bits per heavy atom. The second-order valence-corrected chi connectivity index (χ2v) is 6.44. The molecule has 3 atom stereocenters. The topological polar surface area (TPSA) is 64.6 Å². The number of Topliss-reactive ketones (excluding diaryl/α,β-unsaturated/α-hetero) is 1. The normalized spacial score (nSPS) is 20.7. The Kier molecular flexibility index (Phi) is 6.15. The van der Waals surface area contributed by atoms with Crippen molar-refractivity contribution < 1.29 is 19.1 Å². The molecule has 0 saturated carbocycles. The smallest absolute Gasteiger partial charge is 0.250 e. The summed E-state index contributed by atoms with van der Waals surface area (Å²) in [5.74, 6) is -0.396. The Balaban J connectivity index is 1.68. The summed E-state index contributed by atoms with van der Waals surface area (Å²) >= 11 is 0. The molecule has 5 heteroatoms. The average Bonchev–Trinajstić information content (AvgIpc) is 2.98. The quantitative estimate of drug-likeness (QED) is 0.829. The lowest BCUT2D eigenvalue weighted by atomic mass is 10.1. The molecule has 136 valence electrons. The Hall–Kier alpha value is -2.50. The van der Waals surface area contributed by atoms with Crippen molar-refractivity contribution in [2.75, 3.05) is 6.61 Å². The van der Waals surface area contributed by atoms with Crippen LogP contribution in [0.5, 0.6) is 0 Å². The Morgan fingerprint density at radius 2 is 1.73 bits per heavy atom. The van der Waals surface area contributed by atoms with E-state index >= 15 is 0 Å². The van der Waals surface area contributed by atoms with Gasteiger partial charge in [0.2, 0.25) is 5.91 Å². The van der Waals surface area contributed by atoms with Gasteiger partial charge in [0.1, 0.15) is 18.8 Å². The molecule has 1 fully saturated rings. The number of carbonyl (C=O) groups excluding carboxylic acids is 2. The first kappa shape index (κ1) is 18.3. The molecule has 1 aliphatic heterocycles. The van der Waals surface area contributed by atoms with Crippen molar-refractivity contribution in [2.45, 2.75) is 38.2 Å². The van der Waals surface area contributed by atoms with Gasteiger partial charge in [-0.15, -0.1) is 0 Å². The SMILES string of the molecule is C[C@@H]1OCC(=O)[C@@H]1NC(=O)[C@@H](Cc1ccccc1)OCc1ccccc1. The second kappa shape index (κ2) is 8.74. The van der Waals surface area contributed by atoms with Crippen molar-refractivity contribution in [2.24, 2.45) is 0 Å². The molecule has 1 N–H and O–H groups in total. The van der Waals surface area contributed by atoms with Crippen LogP contribution in [0.15, 0.2) is 60.7 Å². The Bertz CT molecular complexity index is 732. The van der Waals surface area contributed by atoms with E-state index in [0.717, 1.165) is 11.1 Å². The molecule has 2 aromatic rings. The molecule has 1 amide bonds. The molecule has 1 heterocycles. The minimum Gasteiger partial charge on any atom is -0.368 e. The van der Waals surface area contributed by atoms with E-state index in [1.54, 1.807) is 6.92 Å². The maximum atomic E-state index is 12.8. The fraction of sp³-hybridized carbons (Fsp3) is 0.333. The molecule has 0 unspecified atom stereocenters. The third kappa shape index (κ3) is 4.77. The summed E-state index contributed by atoms with van der Waals surface area (Å²) in [6.45, 7) is 2.16. The summed E-state index contributed by atoms with van der Waals surface area (Å²) in [7, 11) is 0. The lowest BCUT2D eigenvalue weighted by Gasteiger charge is -2.21. The predicted octanol–water partition coefficient (Wildman–Crippen LogP) is 2.29. The van der Waals surface area contributed by atoms with Gasteiger partial charge in [0.05, 0.1) is 12.7 Å². The minimum absolute atomic E-state index is 0.0420. The molecule has 0 radical (unpaired) electrons. The van der Waals surface area contributed by atoms with Gasteiger partial charge in [-0.2, -0.15) is 0 Å². The fourth-order valence-electron chi connectivity index (χ4n) is 2.93.